The van der Waals surface area contributed by atoms with Gasteiger partial charge in [0.25, 0.3) is 0 Å². The molecule has 2 rings (SSSR count). The molecule has 0 bridgehead atoms. The van der Waals surface area contributed by atoms with Crippen LogP contribution in [-0.2, 0) is 15.4 Å². The molecule has 0 aliphatic carbocycles. The second-order valence-corrected chi connectivity index (χ2v) is 14.2. The Balaban J connectivity index is 0.00000578. The van der Waals surface area contributed by atoms with Crippen LogP contribution in [0.1, 0.15) is 93.2 Å². The Morgan fingerprint density at radius 2 is 0.882 bits per heavy atom. The number of benzene rings is 2. The summed E-state index contributed by atoms with van der Waals surface area (Å²) in [6.45, 7) is 22.1. The van der Waals surface area contributed by atoms with Crippen LogP contribution >= 0.6 is 7.82 Å². The van der Waals surface area contributed by atoms with Crippen molar-refractivity contribution in [2.45, 2.75) is 92.9 Å². The van der Waals surface area contributed by atoms with E-state index in [0.29, 0.717) is 0 Å². The van der Waals surface area contributed by atoms with Crippen molar-refractivity contribution < 1.29 is 18.5 Å². The zero-order valence-electron chi connectivity index (χ0n) is 22.8. The summed E-state index contributed by atoms with van der Waals surface area (Å²) in [5.41, 5.74) is 2.59. The number of hydrogen-bond donors (Lipinski definition) is 0. The van der Waals surface area contributed by atoms with Crippen LogP contribution in [0, 0.1) is 10.8 Å². The summed E-state index contributed by atoms with van der Waals surface area (Å²) in [5, 5.41) is 0. The van der Waals surface area contributed by atoms with E-state index >= 15 is 0 Å². The molecule has 0 fully saturated rings. The Labute approximate surface area is 237 Å². The summed E-state index contributed by atoms with van der Waals surface area (Å²) in [7, 11) is -4.56. The third kappa shape index (κ3) is 10.2. The van der Waals surface area contributed by atoms with Gasteiger partial charge in [0.2, 0.25) is 0 Å². The molecule has 4 nitrogen and oxygen atoms in total. The molecule has 0 aromatic heterocycles. The largest absolute Gasteiger partial charge is 1.00 e. The van der Waals surface area contributed by atoms with E-state index in [1.165, 1.54) is 0 Å². The monoisotopic (exact) mass is 513 g/mol. The van der Waals surface area contributed by atoms with E-state index in [0.717, 1.165) is 24.0 Å². The summed E-state index contributed by atoms with van der Waals surface area (Å²) >= 11 is 0. The first-order chi connectivity index (χ1) is 14.8. The van der Waals surface area contributed by atoms with E-state index in [1.807, 2.05) is 24.3 Å². The fourth-order valence-corrected chi connectivity index (χ4v) is 5.86. The summed E-state index contributed by atoms with van der Waals surface area (Å²) in [6.07, 6.45) is 2.01. The second-order valence-electron chi connectivity index (χ2n) is 12.9. The van der Waals surface area contributed by atoms with E-state index in [4.69, 9.17) is 9.05 Å². The summed E-state index contributed by atoms with van der Waals surface area (Å²) in [6, 6.07) is 14.4. The minimum atomic E-state index is -4.56. The van der Waals surface area contributed by atoms with Gasteiger partial charge in [0.15, 0.2) is 0 Å². The van der Waals surface area contributed by atoms with Crippen molar-refractivity contribution >= 4 is 45.6 Å². The maximum absolute atomic E-state index is 12.5. The van der Waals surface area contributed by atoms with Gasteiger partial charge in [-0.25, -0.2) is 4.57 Å². The molecule has 185 valence electrons. The van der Waals surface area contributed by atoms with Crippen LogP contribution in [0.25, 0.3) is 0 Å². The zero-order valence-corrected chi connectivity index (χ0v) is 25.9. The molecule has 0 aliphatic rings. The maximum atomic E-state index is 12.5. The van der Waals surface area contributed by atoms with E-state index < -0.39 is 7.82 Å². The van der Waals surface area contributed by atoms with Crippen LogP contribution in [-0.4, -0.2) is 37.7 Å². The van der Waals surface area contributed by atoms with Crippen molar-refractivity contribution in [3.8, 4) is 11.5 Å². The number of phosphoric acid groups is 1. The third-order valence-electron chi connectivity index (χ3n) is 5.65. The first kappa shape index (κ1) is 31.5. The van der Waals surface area contributed by atoms with Gasteiger partial charge in [-0.2, -0.15) is 0 Å². The molecule has 0 amide bonds. The van der Waals surface area contributed by atoms with E-state index in [-0.39, 0.29) is 70.9 Å². The molecule has 2 aromatic rings. The van der Waals surface area contributed by atoms with Crippen LogP contribution in [0.2, 0.25) is 0 Å². The van der Waals surface area contributed by atoms with Gasteiger partial charge >= 0.3 is 45.6 Å². The predicted molar refractivity (Wildman–Crippen MR) is 142 cm³/mol. The minimum absolute atomic E-state index is 0. The Morgan fingerprint density at radius 3 is 1.12 bits per heavy atom. The quantitative estimate of drug-likeness (QED) is 0.269. The average Bonchev–Trinajstić information content (AvgIpc) is 2.57. The van der Waals surface area contributed by atoms with Crippen LogP contribution in [0.4, 0.5) is 0 Å². The minimum Gasteiger partial charge on any atom is -0.736 e. The number of phosphoric ester groups is 1. The second kappa shape index (κ2) is 11.3. The fraction of sp³-hybridized carbons (Fsp3) is 0.571. The maximum Gasteiger partial charge on any atom is 1.00 e. The van der Waals surface area contributed by atoms with Crippen molar-refractivity contribution in [1.29, 1.82) is 0 Å². The summed E-state index contributed by atoms with van der Waals surface area (Å²) in [4.78, 5) is 12.5. The molecule has 0 heterocycles. The van der Waals surface area contributed by atoms with Gasteiger partial charge < -0.3 is 13.9 Å². The SMILES string of the molecule is CC(C)(C)CC(C)(C)c1ccc(OP(=O)([O-])Oc2ccc(C(C)(C)CC(C)(C)C)cc2)cc1.[Ca+]. The zero-order chi connectivity index (χ0) is 25.3. The smallest absolute Gasteiger partial charge is 0.736 e. The molecular formula is C28H42CaO4P. The van der Waals surface area contributed by atoms with Crippen LogP contribution in [0.3, 0.4) is 0 Å². The van der Waals surface area contributed by atoms with Gasteiger partial charge in [0.05, 0.1) is 0 Å². The van der Waals surface area contributed by atoms with Crippen LogP contribution in [0.15, 0.2) is 48.5 Å². The predicted octanol–water partition coefficient (Wildman–Crippen LogP) is 7.66. The summed E-state index contributed by atoms with van der Waals surface area (Å²) < 4.78 is 22.9. The summed E-state index contributed by atoms with van der Waals surface area (Å²) in [5.74, 6) is 0.484. The molecule has 2 aromatic carbocycles. The molecule has 6 heteroatoms. The van der Waals surface area contributed by atoms with Gasteiger partial charge in [-0.3, -0.25) is 0 Å². The van der Waals surface area contributed by atoms with E-state index in [9.17, 15) is 9.46 Å². The standard InChI is InChI=1S/C28H43O4P.Ca/c1-25(2,3)19-27(7,8)21-11-15-23(16-12-21)31-33(29,30)32-24-17-13-22(14-18-24)28(9,10)20-26(4,5)6;/h11-18H,19-20H2,1-10H3,(H,29,30);/q;+1/p-1. The molecule has 34 heavy (non-hydrogen) atoms. The molecule has 0 saturated carbocycles. The fourth-order valence-electron chi connectivity index (χ4n) is 5.07. The van der Waals surface area contributed by atoms with Gasteiger partial charge in [-0.1, -0.05) is 93.5 Å². The van der Waals surface area contributed by atoms with Crippen molar-refractivity contribution in [2.75, 3.05) is 0 Å². The number of rotatable bonds is 8. The van der Waals surface area contributed by atoms with Gasteiger partial charge in [-0.15, -0.1) is 0 Å². The topological polar surface area (TPSA) is 58.6 Å². The average molecular weight is 514 g/mol. The molecule has 0 aliphatic heterocycles. The molecule has 1 radical (unpaired) electrons. The van der Waals surface area contributed by atoms with Gasteiger partial charge in [-0.05, 0) is 69.9 Å². The van der Waals surface area contributed by atoms with Gasteiger partial charge in [0.1, 0.15) is 11.5 Å². The Morgan fingerprint density at radius 1 is 0.618 bits per heavy atom. The van der Waals surface area contributed by atoms with Crippen molar-refractivity contribution in [3.05, 3.63) is 59.7 Å². The van der Waals surface area contributed by atoms with Crippen molar-refractivity contribution in [1.82, 2.24) is 0 Å². The Kier molecular flexibility index (Phi) is 10.4. The molecular weight excluding hydrogens is 471 g/mol. The van der Waals surface area contributed by atoms with E-state index in [2.05, 4.69) is 69.2 Å². The van der Waals surface area contributed by atoms with E-state index in [1.54, 1.807) is 24.3 Å². The molecule has 0 saturated heterocycles. The van der Waals surface area contributed by atoms with Gasteiger partial charge in [0, 0.05) is 0 Å². The molecule has 0 spiro atoms. The van der Waals surface area contributed by atoms with Crippen LogP contribution in [0.5, 0.6) is 11.5 Å². The van der Waals surface area contributed by atoms with Crippen molar-refractivity contribution in [2.24, 2.45) is 10.8 Å². The first-order valence-corrected chi connectivity index (χ1v) is 13.2. The Hall–Kier alpha value is -0.510. The van der Waals surface area contributed by atoms with Crippen molar-refractivity contribution in [3.63, 3.8) is 0 Å². The molecule has 0 unspecified atom stereocenters. The third-order valence-corrected chi connectivity index (χ3v) is 6.52. The molecule has 0 N–H and O–H groups in total. The first-order valence-electron chi connectivity index (χ1n) is 11.7. The number of hydrogen-bond acceptors (Lipinski definition) is 4. The normalized spacial score (nSPS) is 13.3. The van der Waals surface area contributed by atoms with Crippen LogP contribution < -0.4 is 13.9 Å². The molecule has 0 atom stereocenters. The Bertz CT molecular complexity index is 888.